The topological polar surface area (TPSA) is 70.4 Å². The molecule has 0 spiro atoms. The molecule has 214 valence electrons. The van der Waals surface area contributed by atoms with Gasteiger partial charge in [-0.05, 0) is 78.1 Å². The average molecular weight is 571 g/mol. The fourth-order valence-electron chi connectivity index (χ4n) is 4.45. The third-order valence-corrected chi connectivity index (χ3v) is 8.10. The number of benzene rings is 3. The minimum atomic E-state index is -1.18. The van der Waals surface area contributed by atoms with Gasteiger partial charge in [-0.2, -0.15) is 0 Å². The summed E-state index contributed by atoms with van der Waals surface area (Å²) in [4.78, 5) is 17.7. The first-order valence-corrected chi connectivity index (χ1v) is 15.4. The standard InChI is InChI=1S/C34H38N2O4S/c1-4-6-20-40-32-14-10-27(11-15-32)28-12-18-34(39-3)29(22-28)9-13-31(37)21-26-7-16-33(17-8-26)41(38)24-30-23-35-25-36(30)19-5-2/h7-18,22-23,25H,4-6,19-21,24H2,1-3H3/b13-9+. The molecule has 0 N–H and O–H groups in total. The second-order valence-corrected chi connectivity index (χ2v) is 11.3. The molecular weight excluding hydrogens is 532 g/mol. The van der Waals surface area contributed by atoms with Crippen molar-refractivity contribution in [3.05, 3.63) is 102 Å². The first-order valence-electron chi connectivity index (χ1n) is 14.1. The molecule has 0 amide bonds. The summed E-state index contributed by atoms with van der Waals surface area (Å²) < 4.78 is 26.3. The molecular formula is C34H38N2O4S. The Kier molecular flexibility index (Phi) is 11.1. The molecule has 0 radical (unpaired) electrons. The number of methoxy groups -OCH3 is 1. The number of carbonyl (C=O) groups is 1. The van der Waals surface area contributed by atoms with Crippen LogP contribution >= 0.6 is 0 Å². The van der Waals surface area contributed by atoms with Gasteiger partial charge in [0.1, 0.15) is 11.5 Å². The van der Waals surface area contributed by atoms with Crippen molar-refractivity contribution in [3.8, 4) is 22.6 Å². The number of hydrogen-bond acceptors (Lipinski definition) is 5. The molecule has 4 aromatic rings. The molecule has 0 aliphatic heterocycles. The highest BCUT2D eigenvalue weighted by molar-refractivity contribution is 7.84. The van der Waals surface area contributed by atoms with Gasteiger partial charge in [0, 0.05) is 29.6 Å². The molecule has 0 saturated heterocycles. The molecule has 0 saturated carbocycles. The van der Waals surface area contributed by atoms with Gasteiger partial charge >= 0.3 is 0 Å². The maximum atomic E-state index is 12.9. The van der Waals surface area contributed by atoms with Gasteiger partial charge < -0.3 is 14.0 Å². The number of unbranched alkanes of at least 4 members (excludes halogenated alkanes) is 1. The third kappa shape index (κ3) is 8.51. The molecule has 3 aromatic carbocycles. The zero-order chi connectivity index (χ0) is 29.0. The Morgan fingerprint density at radius 1 is 0.976 bits per heavy atom. The first-order chi connectivity index (χ1) is 20.0. The minimum absolute atomic E-state index is 0.0247. The summed E-state index contributed by atoms with van der Waals surface area (Å²) in [6.45, 7) is 5.83. The summed E-state index contributed by atoms with van der Waals surface area (Å²) in [5, 5.41) is 0. The van der Waals surface area contributed by atoms with E-state index in [4.69, 9.17) is 9.47 Å². The Morgan fingerprint density at radius 2 is 1.73 bits per heavy atom. The maximum absolute atomic E-state index is 12.9. The summed E-state index contributed by atoms with van der Waals surface area (Å²) in [5.41, 5.74) is 4.75. The van der Waals surface area contributed by atoms with Gasteiger partial charge in [0.25, 0.3) is 0 Å². The van der Waals surface area contributed by atoms with Crippen LogP contribution < -0.4 is 9.47 Å². The van der Waals surface area contributed by atoms with E-state index in [-0.39, 0.29) is 12.2 Å². The lowest BCUT2D eigenvalue weighted by Gasteiger charge is -2.10. The largest absolute Gasteiger partial charge is 0.496 e. The number of imidazole rings is 1. The van der Waals surface area contributed by atoms with E-state index in [9.17, 15) is 9.00 Å². The Morgan fingerprint density at radius 3 is 2.44 bits per heavy atom. The molecule has 0 aliphatic carbocycles. The number of nitrogens with zero attached hydrogens (tertiary/aromatic N) is 2. The predicted octanol–water partition coefficient (Wildman–Crippen LogP) is 7.28. The quantitative estimate of drug-likeness (QED) is 0.111. The van der Waals surface area contributed by atoms with Crippen molar-refractivity contribution in [3.63, 3.8) is 0 Å². The monoisotopic (exact) mass is 570 g/mol. The molecule has 1 atom stereocenters. The molecule has 1 unspecified atom stereocenters. The zero-order valence-electron chi connectivity index (χ0n) is 24.0. The summed E-state index contributed by atoms with van der Waals surface area (Å²) in [6, 6.07) is 21.4. The van der Waals surface area contributed by atoms with E-state index < -0.39 is 10.8 Å². The number of hydrogen-bond donors (Lipinski definition) is 0. The van der Waals surface area contributed by atoms with E-state index in [0.717, 1.165) is 71.0 Å². The van der Waals surface area contributed by atoms with Crippen molar-refractivity contribution >= 4 is 22.7 Å². The first kappa shape index (κ1) is 30.0. The van der Waals surface area contributed by atoms with Crippen LogP contribution in [0, 0.1) is 0 Å². The zero-order valence-corrected chi connectivity index (χ0v) is 24.9. The molecule has 0 aliphatic rings. The van der Waals surface area contributed by atoms with Crippen LogP contribution in [0.25, 0.3) is 17.2 Å². The van der Waals surface area contributed by atoms with Gasteiger partial charge in [0.05, 0.1) is 42.3 Å². The van der Waals surface area contributed by atoms with Gasteiger partial charge in [0.2, 0.25) is 0 Å². The van der Waals surface area contributed by atoms with Crippen molar-refractivity contribution in [1.29, 1.82) is 0 Å². The normalized spacial score (nSPS) is 12.0. The van der Waals surface area contributed by atoms with Crippen molar-refractivity contribution in [2.75, 3.05) is 13.7 Å². The molecule has 0 fully saturated rings. The molecule has 4 rings (SSSR count). The SMILES string of the molecule is CCCCOc1ccc(-c2ccc(OC)c(/C=C/C(=O)Cc3ccc(S(=O)Cc4cncn4CCC)cc3)c2)cc1. The molecule has 0 bridgehead atoms. The van der Waals surface area contributed by atoms with Gasteiger partial charge in [-0.25, -0.2) is 4.98 Å². The number of allylic oxidation sites excluding steroid dienone is 1. The van der Waals surface area contributed by atoms with E-state index >= 15 is 0 Å². The minimum Gasteiger partial charge on any atom is -0.496 e. The summed E-state index contributed by atoms with van der Waals surface area (Å²) in [6.07, 6.45) is 10.3. The van der Waals surface area contributed by atoms with Crippen molar-refractivity contribution < 1.29 is 18.5 Å². The lowest BCUT2D eigenvalue weighted by atomic mass is 10.0. The van der Waals surface area contributed by atoms with Crippen molar-refractivity contribution in [2.24, 2.45) is 0 Å². The number of aromatic nitrogens is 2. The van der Waals surface area contributed by atoms with Crippen LogP contribution in [0.5, 0.6) is 11.5 Å². The number of ketones is 1. The van der Waals surface area contributed by atoms with Gasteiger partial charge in [0.15, 0.2) is 5.78 Å². The number of aryl methyl sites for hydroxylation is 1. The van der Waals surface area contributed by atoms with E-state index in [1.165, 1.54) is 0 Å². The number of carbonyl (C=O) groups excluding carboxylic acids is 1. The number of ether oxygens (including phenoxy) is 2. The fraction of sp³-hybridized carbons (Fsp3) is 0.294. The molecule has 1 aromatic heterocycles. The van der Waals surface area contributed by atoms with Gasteiger partial charge in [-0.3, -0.25) is 9.00 Å². The molecule has 1 heterocycles. The lowest BCUT2D eigenvalue weighted by molar-refractivity contribution is -0.113. The Bertz CT molecular complexity index is 1470. The Hall–Kier alpha value is -3.97. The second-order valence-electron chi connectivity index (χ2n) is 9.87. The van der Waals surface area contributed by atoms with Gasteiger partial charge in [-0.1, -0.05) is 50.6 Å². The van der Waals surface area contributed by atoms with E-state index in [2.05, 4.69) is 18.8 Å². The molecule has 41 heavy (non-hydrogen) atoms. The maximum Gasteiger partial charge on any atom is 0.160 e. The smallest absolute Gasteiger partial charge is 0.160 e. The van der Waals surface area contributed by atoms with Crippen LogP contribution in [-0.2, 0) is 34.3 Å². The molecule has 7 heteroatoms. The van der Waals surface area contributed by atoms with Crippen LogP contribution in [0.4, 0.5) is 0 Å². The molecule has 6 nitrogen and oxygen atoms in total. The Balaban J connectivity index is 1.38. The highest BCUT2D eigenvalue weighted by Crippen LogP contribution is 2.29. The van der Waals surface area contributed by atoms with Crippen LogP contribution in [0.15, 0.2) is 90.2 Å². The van der Waals surface area contributed by atoms with E-state index in [1.807, 2.05) is 71.3 Å². The van der Waals surface area contributed by atoms with Crippen molar-refractivity contribution in [2.45, 2.75) is 56.7 Å². The van der Waals surface area contributed by atoms with Crippen LogP contribution in [0.2, 0.25) is 0 Å². The summed E-state index contributed by atoms with van der Waals surface area (Å²) >= 11 is 0. The highest BCUT2D eigenvalue weighted by Gasteiger charge is 2.11. The van der Waals surface area contributed by atoms with Crippen LogP contribution in [-0.4, -0.2) is 33.3 Å². The van der Waals surface area contributed by atoms with Gasteiger partial charge in [-0.15, -0.1) is 0 Å². The second kappa shape index (κ2) is 15.1. The van der Waals surface area contributed by atoms with Crippen LogP contribution in [0.1, 0.15) is 49.9 Å². The van der Waals surface area contributed by atoms with E-state index in [0.29, 0.717) is 11.5 Å². The average Bonchev–Trinajstić information content (AvgIpc) is 3.43. The lowest BCUT2D eigenvalue weighted by Crippen LogP contribution is -2.05. The third-order valence-electron chi connectivity index (χ3n) is 6.74. The van der Waals surface area contributed by atoms with Crippen molar-refractivity contribution in [1.82, 2.24) is 9.55 Å². The Labute approximate surface area is 245 Å². The number of rotatable bonds is 15. The van der Waals surface area contributed by atoms with E-state index in [1.54, 1.807) is 31.8 Å². The highest BCUT2D eigenvalue weighted by atomic mass is 32.2. The summed E-state index contributed by atoms with van der Waals surface area (Å²) in [7, 11) is 0.443. The fourth-order valence-corrected chi connectivity index (χ4v) is 5.57. The van der Waals surface area contributed by atoms with Crippen LogP contribution in [0.3, 0.4) is 0 Å². The summed E-state index contributed by atoms with van der Waals surface area (Å²) in [5.74, 6) is 1.95. The predicted molar refractivity (Wildman–Crippen MR) is 166 cm³/mol.